The third kappa shape index (κ3) is 4.37. The first-order valence-electron chi connectivity index (χ1n) is 8.34. The van der Waals surface area contributed by atoms with Crippen molar-refractivity contribution in [2.45, 2.75) is 25.7 Å². The van der Waals surface area contributed by atoms with Crippen molar-refractivity contribution in [3.05, 3.63) is 51.4 Å². The van der Waals surface area contributed by atoms with Crippen LogP contribution >= 0.6 is 11.3 Å². The molecule has 1 saturated carbocycles. The highest BCUT2D eigenvalue weighted by molar-refractivity contribution is 7.11. The van der Waals surface area contributed by atoms with Crippen LogP contribution in [0.2, 0.25) is 0 Å². The predicted octanol–water partition coefficient (Wildman–Crippen LogP) is 2.83. The third-order valence-electron chi connectivity index (χ3n) is 4.28. The fourth-order valence-corrected chi connectivity index (χ4v) is 3.55. The lowest BCUT2D eigenvalue weighted by atomic mass is 10.2. The van der Waals surface area contributed by atoms with Crippen LogP contribution in [0.25, 0.3) is 0 Å². The van der Waals surface area contributed by atoms with Crippen LogP contribution in [0.5, 0.6) is 5.88 Å². The normalized spacial score (nSPS) is 17.8. The van der Waals surface area contributed by atoms with E-state index in [1.807, 2.05) is 6.92 Å². The van der Waals surface area contributed by atoms with E-state index in [0.717, 1.165) is 17.1 Å². The Hall–Kier alpha value is -2.79. The smallest absolute Gasteiger partial charge is 0.255 e. The number of ether oxygens (including phenoxy) is 1. The summed E-state index contributed by atoms with van der Waals surface area (Å²) in [5.74, 6) is -0.894. The third-order valence-corrected chi connectivity index (χ3v) is 5.12. The molecule has 0 aromatic carbocycles. The molecule has 1 aliphatic rings. The maximum absolute atomic E-state index is 14.7. The van der Waals surface area contributed by atoms with Crippen molar-refractivity contribution < 1.29 is 13.5 Å². The van der Waals surface area contributed by atoms with Crippen molar-refractivity contribution in [3.8, 4) is 5.88 Å². The summed E-state index contributed by atoms with van der Waals surface area (Å²) >= 11 is 1.37. The minimum absolute atomic E-state index is 0. The number of nitrogens with two attached hydrogens (primary N) is 1. The zero-order valence-corrected chi connectivity index (χ0v) is 15.9. The Labute approximate surface area is 163 Å². The molecule has 2 atom stereocenters. The molecule has 148 valence electrons. The van der Waals surface area contributed by atoms with E-state index in [2.05, 4.69) is 25.1 Å². The number of pyridine rings is 1. The molecule has 1 fully saturated rings. The Morgan fingerprint density at radius 3 is 2.75 bits per heavy atom. The van der Waals surface area contributed by atoms with E-state index < -0.39 is 5.82 Å². The van der Waals surface area contributed by atoms with E-state index in [9.17, 15) is 8.78 Å². The number of hydrogen-bond acceptors (Lipinski definition) is 9. The number of rotatable bonds is 6. The SMILES string of the molecule is Cc1nnc(Cc2nc(N)nc(OCC3CC3c3ccc(F)cn3)c2F)s1.N. The first-order valence-corrected chi connectivity index (χ1v) is 9.16. The minimum Gasteiger partial charge on any atom is -0.475 e. The molecule has 0 amide bonds. The summed E-state index contributed by atoms with van der Waals surface area (Å²) in [7, 11) is 0. The van der Waals surface area contributed by atoms with E-state index in [4.69, 9.17) is 10.5 Å². The van der Waals surface area contributed by atoms with E-state index in [1.165, 1.54) is 23.6 Å². The van der Waals surface area contributed by atoms with Gasteiger partial charge in [-0.25, -0.2) is 9.37 Å². The molecule has 4 rings (SSSR count). The van der Waals surface area contributed by atoms with E-state index >= 15 is 0 Å². The lowest BCUT2D eigenvalue weighted by Gasteiger charge is -2.09. The summed E-state index contributed by atoms with van der Waals surface area (Å²) in [5, 5.41) is 9.31. The molecule has 8 nitrogen and oxygen atoms in total. The summed E-state index contributed by atoms with van der Waals surface area (Å²) in [6, 6.07) is 3.04. The Kier molecular flexibility index (Phi) is 5.75. The van der Waals surface area contributed by atoms with Gasteiger partial charge in [0.05, 0.1) is 18.5 Å². The topological polar surface area (TPSA) is 135 Å². The van der Waals surface area contributed by atoms with Gasteiger partial charge in [0, 0.05) is 24.0 Å². The van der Waals surface area contributed by atoms with E-state index in [-0.39, 0.29) is 54.4 Å². The number of aromatic nitrogens is 5. The van der Waals surface area contributed by atoms with Crippen molar-refractivity contribution >= 4 is 17.3 Å². The minimum atomic E-state index is -0.644. The lowest BCUT2D eigenvalue weighted by Crippen LogP contribution is -2.10. The molecule has 5 N–H and O–H groups in total. The van der Waals surface area contributed by atoms with E-state index in [1.54, 1.807) is 6.07 Å². The molecule has 3 heterocycles. The van der Waals surface area contributed by atoms with Gasteiger partial charge in [0.15, 0.2) is 0 Å². The first kappa shape index (κ1) is 20.0. The molecule has 0 radical (unpaired) electrons. The molecule has 1 aliphatic carbocycles. The number of nitrogen functional groups attached to an aromatic ring is 1. The van der Waals surface area contributed by atoms with Crippen LogP contribution in [0.1, 0.15) is 33.7 Å². The van der Waals surface area contributed by atoms with Crippen LogP contribution in [0, 0.1) is 24.5 Å². The molecular formula is C17H19F2N7OS. The molecule has 3 aromatic heterocycles. The predicted molar refractivity (Wildman–Crippen MR) is 99.4 cm³/mol. The summed E-state index contributed by atoms with van der Waals surface area (Å²) in [6.07, 6.45) is 2.21. The van der Waals surface area contributed by atoms with Gasteiger partial charge >= 0.3 is 0 Å². The zero-order chi connectivity index (χ0) is 19.0. The maximum atomic E-state index is 14.7. The first-order chi connectivity index (χ1) is 13.0. The Morgan fingerprint density at radius 1 is 1.25 bits per heavy atom. The molecular weight excluding hydrogens is 388 g/mol. The lowest BCUT2D eigenvalue weighted by molar-refractivity contribution is 0.269. The van der Waals surface area contributed by atoms with Crippen LogP contribution < -0.4 is 16.6 Å². The van der Waals surface area contributed by atoms with Gasteiger partial charge in [-0.15, -0.1) is 21.5 Å². The van der Waals surface area contributed by atoms with Gasteiger partial charge in [0.1, 0.15) is 15.8 Å². The van der Waals surface area contributed by atoms with Crippen LogP contribution in [0.4, 0.5) is 14.7 Å². The Balaban J connectivity index is 0.00000225. The van der Waals surface area contributed by atoms with Crippen molar-refractivity contribution in [3.63, 3.8) is 0 Å². The van der Waals surface area contributed by atoms with Crippen LogP contribution in [0.3, 0.4) is 0 Å². The monoisotopic (exact) mass is 407 g/mol. The van der Waals surface area contributed by atoms with Gasteiger partial charge < -0.3 is 16.6 Å². The standard InChI is InChI=1S/C17H16F2N6OS.H3N/c1-8-24-25-14(27-8)5-13-15(19)16(23-17(20)22-13)26-7-9-4-11(9)12-3-2-10(18)6-21-12;/h2-3,6,9,11H,4-5,7H2,1H3,(H2,20,22,23);1H3. The maximum Gasteiger partial charge on any atom is 0.255 e. The Morgan fingerprint density at radius 2 is 2.07 bits per heavy atom. The largest absolute Gasteiger partial charge is 0.475 e. The summed E-state index contributed by atoms with van der Waals surface area (Å²) in [6.45, 7) is 2.09. The van der Waals surface area contributed by atoms with Gasteiger partial charge in [0.2, 0.25) is 11.8 Å². The zero-order valence-electron chi connectivity index (χ0n) is 15.1. The molecule has 28 heavy (non-hydrogen) atoms. The molecule has 11 heteroatoms. The highest BCUT2D eigenvalue weighted by Crippen LogP contribution is 2.46. The second-order valence-electron chi connectivity index (χ2n) is 6.35. The van der Waals surface area contributed by atoms with Gasteiger partial charge in [-0.05, 0) is 25.5 Å². The second-order valence-corrected chi connectivity index (χ2v) is 7.62. The molecule has 2 unspecified atom stereocenters. The Bertz CT molecular complexity index is 967. The second kappa shape index (κ2) is 8.07. The van der Waals surface area contributed by atoms with E-state index in [0.29, 0.717) is 5.01 Å². The van der Waals surface area contributed by atoms with Crippen LogP contribution in [-0.2, 0) is 6.42 Å². The quantitative estimate of drug-likeness (QED) is 0.637. The molecule has 0 saturated heterocycles. The summed E-state index contributed by atoms with van der Waals surface area (Å²) in [5.41, 5.74) is 6.63. The molecule has 3 aromatic rings. The van der Waals surface area contributed by atoms with Crippen molar-refractivity contribution in [1.82, 2.24) is 31.3 Å². The van der Waals surface area contributed by atoms with Gasteiger partial charge in [-0.2, -0.15) is 9.37 Å². The summed E-state index contributed by atoms with van der Waals surface area (Å²) in [4.78, 5) is 11.9. The van der Waals surface area contributed by atoms with Gasteiger partial charge in [-0.3, -0.25) is 4.98 Å². The number of hydrogen-bond donors (Lipinski definition) is 2. The fourth-order valence-electron chi connectivity index (χ4n) is 2.84. The molecule has 0 spiro atoms. The highest BCUT2D eigenvalue weighted by atomic mass is 32.1. The number of aryl methyl sites for hydroxylation is 1. The fraction of sp³-hybridized carbons (Fsp3) is 0.353. The number of halogens is 2. The number of anilines is 1. The average molecular weight is 407 g/mol. The van der Waals surface area contributed by atoms with Gasteiger partial charge in [-0.1, -0.05) is 0 Å². The van der Waals surface area contributed by atoms with Crippen LogP contribution in [-0.4, -0.2) is 31.8 Å². The van der Waals surface area contributed by atoms with Gasteiger partial charge in [0.25, 0.3) is 5.88 Å². The number of nitrogens with zero attached hydrogens (tertiary/aromatic N) is 5. The van der Waals surface area contributed by atoms with Crippen molar-refractivity contribution in [2.75, 3.05) is 12.3 Å². The van der Waals surface area contributed by atoms with Crippen molar-refractivity contribution in [1.29, 1.82) is 0 Å². The average Bonchev–Trinajstić information content (AvgIpc) is 3.30. The molecule has 0 bridgehead atoms. The van der Waals surface area contributed by atoms with Crippen LogP contribution in [0.15, 0.2) is 18.3 Å². The van der Waals surface area contributed by atoms with Crippen molar-refractivity contribution in [2.24, 2.45) is 5.92 Å². The summed E-state index contributed by atoms with van der Waals surface area (Å²) < 4.78 is 33.2. The molecule has 0 aliphatic heterocycles. The highest BCUT2D eigenvalue weighted by Gasteiger charge is 2.40.